The molecule has 12 heavy (non-hydrogen) atoms. The van der Waals surface area contributed by atoms with Crippen LogP contribution in [0.25, 0.3) is 0 Å². The lowest BCUT2D eigenvalue weighted by Crippen LogP contribution is -2.31. The molecule has 2 heteroatoms. The minimum Gasteiger partial charge on any atom is -0.310 e. The first-order chi connectivity index (χ1) is 5.74. The van der Waals surface area contributed by atoms with E-state index in [4.69, 9.17) is 0 Å². The molecule has 0 bridgehead atoms. The van der Waals surface area contributed by atoms with Gasteiger partial charge < -0.3 is 4.90 Å². The molecule has 0 atom stereocenters. The Hall–Kier alpha value is -0.343. The van der Waals surface area contributed by atoms with E-state index in [2.05, 4.69) is 32.0 Å². The third-order valence-corrected chi connectivity index (χ3v) is 4.62. The molecule has 0 aliphatic rings. The molecule has 0 fully saturated rings. The maximum atomic E-state index is 3.79. The standard InChI is InChI=1S/C10H20NSi/c1-5-8-12(9-6-2)10-11(4)7-3/h5-6H,1-2,7-10H2,3-4H3. The van der Waals surface area contributed by atoms with Gasteiger partial charge in [-0.05, 0) is 31.8 Å². The van der Waals surface area contributed by atoms with Crippen molar-refractivity contribution in [3.63, 3.8) is 0 Å². The van der Waals surface area contributed by atoms with Gasteiger partial charge in [-0.2, -0.15) is 0 Å². The van der Waals surface area contributed by atoms with E-state index in [0.717, 1.165) is 6.54 Å². The van der Waals surface area contributed by atoms with Gasteiger partial charge in [-0.1, -0.05) is 19.1 Å². The van der Waals surface area contributed by atoms with Crippen molar-refractivity contribution in [3.8, 4) is 0 Å². The summed E-state index contributed by atoms with van der Waals surface area (Å²) >= 11 is 0. The van der Waals surface area contributed by atoms with Crippen molar-refractivity contribution < 1.29 is 0 Å². The Kier molecular flexibility index (Phi) is 7.10. The number of allylic oxidation sites excluding steroid dienone is 2. The minimum atomic E-state index is -0.268. The third-order valence-electron chi connectivity index (χ3n) is 1.90. The predicted molar refractivity (Wildman–Crippen MR) is 58.9 cm³/mol. The first-order valence-corrected chi connectivity index (χ1v) is 6.60. The molecule has 0 unspecified atom stereocenters. The van der Waals surface area contributed by atoms with Crippen LogP contribution in [0.1, 0.15) is 6.92 Å². The monoisotopic (exact) mass is 182 g/mol. The Balaban J connectivity index is 3.75. The van der Waals surface area contributed by atoms with Gasteiger partial charge in [0.25, 0.3) is 0 Å². The highest BCUT2D eigenvalue weighted by Gasteiger charge is 2.09. The highest BCUT2D eigenvalue weighted by atomic mass is 28.3. The molecule has 0 aromatic heterocycles. The Morgan fingerprint density at radius 1 is 1.25 bits per heavy atom. The zero-order chi connectivity index (χ0) is 9.40. The van der Waals surface area contributed by atoms with Crippen molar-refractivity contribution in [2.45, 2.75) is 19.0 Å². The van der Waals surface area contributed by atoms with Crippen molar-refractivity contribution >= 4 is 8.80 Å². The zero-order valence-electron chi connectivity index (χ0n) is 8.34. The highest BCUT2D eigenvalue weighted by Crippen LogP contribution is 2.02. The van der Waals surface area contributed by atoms with Crippen molar-refractivity contribution in [2.75, 3.05) is 19.8 Å². The van der Waals surface area contributed by atoms with Crippen LogP contribution in [0.2, 0.25) is 12.1 Å². The molecule has 1 nitrogen and oxygen atoms in total. The summed E-state index contributed by atoms with van der Waals surface area (Å²) in [5.41, 5.74) is 0. The highest BCUT2D eigenvalue weighted by molar-refractivity contribution is 6.59. The summed E-state index contributed by atoms with van der Waals surface area (Å²) < 4.78 is 0. The zero-order valence-corrected chi connectivity index (χ0v) is 9.34. The van der Waals surface area contributed by atoms with Gasteiger partial charge >= 0.3 is 0 Å². The second kappa shape index (κ2) is 7.31. The maximum Gasteiger partial charge on any atom is 0.0727 e. The van der Waals surface area contributed by atoms with Crippen LogP contribution >= 0.6 is 0 Å². The van der Waals surface area contributed by atoms with Gasteiger partial charge in [-0.15, -0.1) is 13.2 Å². The topological polar surface area (TPSA) is 3.24 Å². The quantitative estimate of drug-likeness (QED) is 0.431. The number of nitrogens with zero attached hydrogens (tertiary/aromatic N) is 1. The summed E-state index contributed by atoms with van der Waals surface area (Å²) in [4.78, 5) is 2.38. The normalized spacial score (nSPS) is 10.7. The molecule has 0 saturated carbocycles. The molecule has 0 N–H and O–H groups in total. The molecule has 0 amide bonds. The van der Waals surface area contributed by atoms with Crippen LogP contribution in [0.4, 0.5) is 0 Å². The number of hydrogen-bond donors (Lipinski definition) is 0. The van der Waals surface area contributed by atoms with Gasteiger partial charge in [0, 0.05) is 0 Å². The van der Waals surface area contributed by atoms with Crippen LogP contribution in [-0.4, -0.2) is 33.5 Å². The van der Waals surface area contributed by atoms with Crippen LogP contribution in [0, 0.1) is 0 Å². The average Bonchev–Trinajstić information content (AvgIpc) is 2.05. The molecule has 0 aliphatic carbocycles. The SMILES string of the molecule is C=CC[Si](CC=C)CN(C)CC. The maximum absolute atomic E-state index is 3.79. The first kappa shape index (κ1) is 11.7. The summed E-state index contributed by atoms with van der Waals surface area (Å²) in [6, 6.07) is 2.39. The third kappa shape index (κ3) is 5.33. The van der Waals surface area contributed by atoms with E-state index < -0.39 is 0 Å². The van der Waals surface area contributed by atoms with Gasteiger partial charge in [0.2, 0.25) is 0 Å². The fourth-order valence-corrected chi connectivity index (χ4v) is 3.34. The van der Waals surface area contributed by atoms with E-state index in [0.29, 0.717) is 0 Å². The van der Waals surface area contributed by atoms with Crippen molar-refractivity contribution in [1.29, 1.82) is 0 Å². The lowest BCUT2D eigenvalue weighted by atomic mass is 10.7. The fourth-order valence-electron chi connectivity index (χ4n) is 1.11. The largest absolute Gasteiger partial charge is 0.310 e. The summed E-state index contributed by atoms with van der Waals surface area (Å²) in [5, 5.41) is 0. The Labute approximate surface area is 78.4 Å². The summed E-state index contributed by atoms with van der Waals surface area (Å²) in [6.45, 7) is 10.9. The van der Waals surface area contributed by atoms with Gasteiger partial charge in [0.05, 0.1) is 8.80 Å². The smallest absolute Gasteiger partial charge is 0.0727 e. The Morgan fingerprint density at radius 2 is 1.75 bits per heavy atom. The van der Waals surface area contributed by atoms with Crippen LogP contribution in [0.15, 0.2) is 25.3 Å². The van der Waals surface area contributed by atoms with E-state index in [9.17, 15) is 0 Å². The lowest BCUT2D eigenvalue weighted by molar-refractivity contribution is 0.407. The summed E-state index contributed by atoms with van der Waals surface area (Å²) in [5.74, 6) is 0. The van der Waals surface area contributed by atoms with E-state index >= 15 is 0 Å². The van der Waals surface area contributed by atoms with Crippen LogP contribution in [0.3, 0.4) is 0 Å². The first-order valence-electron chi connectivity index (χ1n) is 4.48. The molecule has 0 spiro atoms. The van der Waals surface area contributed by atoms with Crippen LogP contribution in [0.5, 0.6) is 0 Å². The lowest BCUT2D eigenvalue weighted by Gasteiger charge is -2.19. The molecule has 0 rings (SSSR count). The molecular formula is C10H20NSi. The van der Waals surface area contributed by atoms with Gasteiger partial charge in [-0.25, -0.2) is 0 Å². The predicted octanol–water partition coefficient (Wildman–Crippen LogP) is 2.34. The molecular weight excluding hydrogens is 162 g/mol. The number of rotatable bonds is 7. The molecule has 0 aromatic carbocycles. The molecule has 0 heterocycles. The van der Waals surface area contributed by atoms with Gasteiger partial charge in [-0.3, -0.25) is 0 Å². The van der Waals surface area contributed by atoms with E-state index in [1.54, 1.807) is 0 Å². The molecule has 1 radical (unpaired) electrons. The van der Waals surface area contributed by atoms with Gasteiger partial charge in [0.15, 0.2) is 0 Å². The minimum absolute atomic E-state index is 0.268. The summed E-state index contributed by atoms with van der Waals surface area (Å²) in [6.07, 6.45) is 5.34. The molecule has 0 aromatic rings. The average molecular weight is 182 g/mol. The Bertz CT molecular complexity index is 124. The molecule has 69 valence electrons. The number of hydrogen-bond acceptors (Lipinski definition) is 1. The van der Waals surface area contributed by atoms with Crippen LogP contribution in [-0.2, 0) is 0 Å². The molecule has 0 saturated heterocycles. The second-order valence-corrected chi connectivity index (χ2v) is 5.70. The second-order valence-electron chi connectivity index (χ2n) is 3.07. The van der Waals surface area contributed by atoms with Crippen molar-refractivity contribution in [2.24, 2.45) is 0 Å². The van der Waals surface area contributed by atoms with Crippen LogP contribution < -0.4 is 0 Å². The van der Waals surface area contributed by atoms with E-state index in [1.165, 1.54) is 18.3 Å². The van der Waals surface area contributed by atoms with Crippen molar-refractivity contribution in [1.82, 2.24) is 4.90 Å². The van der Waals surface area contributed by atoms with Gasteiger partial charge in [0.1, 0.15) is 0 Å². The van der Waals surface area contributed by atoms with Crippen molar-refractivity contribution in [3.05, 3.63) is 25.3 Å². The summed E-state index contributed by atoms with van der Waals surface area (Å²) in [7, 11) is 1.91. The van der Waals surface area contributed by atoms with E-state index in [1.807, 2.05) is 12.2 Å². The fraction of sp³-hybridized carbons (Fsp3) is 0.600. The molecule has 0 aliphatic heterocycles. The Morgan fingerprint density at radius 3 is 2.08 bits per heavy atom. The van der Waals surface area contributed by atoms with E-state index in [-0.39, 0.29) is 8.80 Å².